The molecule has 100 valence electrons. The van der Waals surface area contributed by atoms with Gasteiger partial charge in [-0.05, 0) is 12.1 Å². The zero-order valence-corrected chi connectivity index (χ0v) is 10.1. The van der Waals surface area contributed by atoms with E-state index < -0.39 is 15.6 Å². The third kappa shape index (κ3) is 2.37. The first kappa shape index (κ1) is 13.3. The second kappa shape index (κ2) is 5.27. The molecule has 0 aliphatic carbocycles. The third-order valence-electron chi connectivity index (χ3n) is 2.69. The number of rotatable bonds is 4. The zero-order chi connectivity index (χ0) is 14.7. The molecule has 0 aliphatic rings. The Kier molecular flexibility index (Phi) is 3.52. The molecule has 0 N–H and O–H groups in total. The van der Waals surface area contributed by atoms with Gasteiger partial charge in [0.15, 0.2) is 0 Å². The fourth-order valence-electron chi connectivity index (χ4n) is 1.79. The van der Waals surface area contributed by atoms with Gasteiger partial charge < -0.3 is 0 Å². The standard InChI is InChI=1S/C13H8N2O5/c16-13(9-5-1-3-7-11(9)14(17)18)10-6-2-4-8-12(10)15(19)20/h1-8H. The summed E-state index contributed by atoms with van der Waals surface area (Å²) in [4.78, 5) is 32.7. The number of benzene rings is 2. The molecule has 2 aromatic rings. The van der Waals surface area contributed by atoms with E-state index in [-0.39, 0.29) is 22.5 Å². The molecule has 0 aliphatic heterocycles. The lowest BCUT2D eigenvalue weighted by Crippen LogP contribution is -2.07. The van der Waals surface area contributed by atoms with Gasteiger partial charge in [-0.2, -0.15) is 0 Å². The van der Waals surface area contributed by atoms with Crippen LogP contribution in [0.25, 0.3) is 0 Å². The Hall–Kier alpha value is -3.09. The summed E-state index contributed by atoms with van der Waals surface area (Å²) in [5.74, 6) is -0.746. The number of hydrogen-bond acceptors (Lipinski definition) is 5. The Morgan fingerprint density at radius 1 is 0.750 bits per heavy atom. The normalized spacial score (nSPS) is 10.0. The summed E-state index contributed by atoms with van der Waals surface area (Å²) in [6.07, 6.45) is 0. The van der Waals surface area contributed by atoms with Crippen molar-refractivity contribution in [3.8, 4) is 0 Å². The summed E-state index contributed by atoms with van der Waals surface area (Å²) in [7, 11) is 0. The SMILES string of the molecule is O=C(c1ccccc1[N+](=O)[O-])c1ccccc1[N+](=O)[O-]. The lowest BCUT2D eigenvalue weighted by atomic mass is 10.0. The molecule has 7 heteroatoms. The first-order valence-electron chi connectivity index (χ1n) is 5.54. The minimum Gasteiger partial charge on any atom is -0.288 e. The minimum absolute atomic E-state index is 0.174. The second-order valence-electron chi connectivity index (χ2n) is 3.88. The molecule has 0 saturated carbocycles. The maximum atomic E-state index is 12.3. The second-order valence-corrected chi connectivity index (χ2v) is 3.88. The number of carbonyl (C=O) groups is 1. The predicted molar refractivity (Wildman–Crippen MR) is 69.6 cm³/mol. The van der Waals surface area contributed by atoms with Crippen molar-refractivity contribution >= 4 is 17.2 Å². The number of nitrogens with zero attached hydrogens (tertiary/aromatic N) is 2. The Balaban J connectivity index is 2.59. The van der Waals surface area contributed by atoms with Crippen molar-refractivity contribution in [2.75, 3.05) is 0 Å². The summed E-state index contributed by atoms with van der Waals surface area (Å²) in [5.41, 5.74) is -1.11. The van der Waals surface area contributed by atoms with Gasteiger partial charge in [0.05, 0.1) is 9.85 Å². The predicted octanol–water partition coefficient (Wildman–Crippen LogP) is 2.73. The Labute approximate surface area is 112 Å². The lowest BCUT2D eigenvalue weighted by molar-refractivity contribution is -0.385. The van der Waals surface area contributed by atoms with Gasteiger partial charge in [-0.25, -0.2) is 0 Å². The van der Waals surface area contributed by atoms with Gasteiger partial charge in [-0.1, -0.05) is 24.3 Å². The number of hydrogen-bond donors (Lipinski definition) is 0. The summed E-state index contributed by atoms with van der Waals surface area (Å²) >= 11 is 0. The van der Waals surface area contributed by atoms with Crippen molar-refractivity contribution in [3.05, 3.63) is 79.9 Å². The van der Waals surface area contributed by atoms with E-state index in [1.54, 1.807) is 0 Å². The van der Waals surface area contributed by atoms with Crippen molar-refractivity contribution in [2.45, 2.75) is 0 Å². The number of carbonyl (C=O) groups excluding carboxylic acids is 1. The van der Waals surface area contributed by atoms with Gasteiger partial charge in [-0.3, -0.25) is 25.0 Å². The molecule has 0 bridgehead atoms. The van der Waals surface area contributed by atoms with Gasteiger partial charge in [0, 0.05) is 12.1 Å². The van der Waals surface area contributed by atoms with Gasteiger partial charge >= 0.3 is 0 Å². The van der Waals surface area contributed by atoms with E-state index >= 15 is 0 Å². The van der Waals surface area contributed by atoms with Crippen LogP contribution in [0, 0.1) is 20.2 Å². The molecule has 0 saturated heterocycles. The molecule has 0 unspecified atom stereocenters. The molecule has 20 heavy (non-hydrogen) atoms. The van der Waals surface area contributed by atoms with E-state index in [0.717, 1.165) is 0 Å². The average molecular weight is 272 g/mol. The quantitative estimate of drug-likeness (QED) is 0.483. The summed E-state index contributed by atoms with van der Waals surface area (Å²) in [6.45, 7) is 0. The number of nitro benzene ring substituents is 2. The van der Waals surface area contributed by atoms with Crippen LogP contribution in [0.4, 0.5) is 11.4 Å². The van der Waals surface area contributed by atoms with E-state index in [1.165, 1.54) is 48.5 Å². The third-order valence-corrected chi connectivity index (χ3v) is 2.69. The van der Waals surface area contributed by atoms with E-state index in [9.17, 15) is 25.0 Å². The zero-order valence-electron chi connectivity index (χ0n) is 10.1. The van der Waals surface area contributed by atoms with Crippen LogP contribution < -0.4 is 0 Å². The number of ketones is 1. The summed E-state index contributed by atoms with van der Waals surface area (Å²) in [5, 5.41) is 21.8. The van der Waals surface area contributed by atoms with Crippen molar-refractivity contribution in [1.82, 2.24) is 0 Å². The van der Waals surface area contributed by atoms with Gasteiger partial charge in [-0.15, -0.1) is 0 Å². The van der Waals surface area contributed by atoms with Crippen molar-refractivity contribution in [2.24, 2.45) is 0 Å². The number of para-hydroxylation sites is 2. The molecule has 2 rings (SSSR count). The minimum atomic E-state index is -0.746. The molecule has 0 amide bonds. The summed E-state index contributed by atoms with van der Waals surface area (Å²) < 4.78 is 0. The van der Waals surface area contributed by atoms with Crippen molar-refractivity contribution < 1.29 is 14.6 Å². The van der Waals surface area contributed by atoms with E-state index in [0.29, 0.717) is 0 Å². The fraction of sp³-hybridized carbons (Fsp3) is 0. The lowest BCUT2D eigenvalue weighted by Gasteiger charge is -2.03. The molecular weight excluding hydrogens is 264 g/mol. The van der Waals surface area contributed by atoms with Gasteiger partial charge in [0.2, 0.25) is 5.78 Å². The fourth-order valence-corrected chi connectivity index (χ4v) is 1.79. The molecule has 0 radical (unpaired) electrons. The maximum Gasteiger partial charge on any atom is 0.280 e. The summed E-state index contributed by atoms with van der Waals surface area (Å²) in [6, 6.07) is 10.7. The van der Waals surface area contributed by atoms with Crippen molar-refractivity contribution in [1.29, 1.82) is 0 Å². The smallest absolute Gasteiger partial charge is 0.280 e. The van der Waals surface area contributed by atoms with Crippen LogP contribution in [0.5, 0.6) is 0 Å². The molecule has 2 aromatic carbocycles. The van der Waals surface area contributed by atoms with E-state index in [1.807, 2.05) is 0 Å². The first-order chi connectivity index (χ1) is 9.52. The highest BCUT2D eigenvalue weighted by molar-refractivity contribution is 6.13. The van der Waals surface area contributed by atoms with E-state index in [2.05, 4.69) is 0 Å². The highest BCUT2D eigenvalue weighted by Gasteiger charge is 2.26. The van der Waals surface area contributed by atoms with Crippen LogP contribution in [0.1, 0.15) is 15.9 Å². The van der Waals surface area contributed by atoms with Crippen LogP contribution in [-0.4, -0.2) is 15.6 Å². The van der Waals surface area contributed by atoms with Crippen LogP contribution in [0.15, 0.2) is 48.5 Å². The van der Waals surface area contributed by atoms with Gasteiger partial charge in [0.25, 0.3) is 11.4 Å². The Morgan fingerprint density at radius 2 is 1.10 bits per heavy atom. The van der Waals surface area contributed by atoms with Crippen LogP contribution >= 0.6 is 0 Å². The molecule has 0 fully saturated rings. The monoisotopic (exact) mass is 272 g/mol. The molecular formula is C13H8N2O5. The topological polar surface area (TPSA) is 103 Å². The molecule has 0 aromatic heterocycles. The van der Waals surface area contributed by atoms with Crippen LogP contribution in [0.3, 0.4) is 0 Å². The molecule has 0 spiro atoms. The molecule has 0 atom stereocenters. The average Bonchev–Trinajstić information content (AvgIpc) is 2.46. The van der Waals surface area contributed by atoms with Gasteiger partial charge in [0.1, 0.15) is 11.1 Å². The highest BCUT2D eigenvalue weighted by atomic mass is 16.6. The Morgan fingerprint density at radius 3 is 1.45 bits per heavy atom. The Bertz CT molecular complexity index is 652. The number of nitro groups is 2. The molecule has 0 heterocycles. The van der Waals surface area contributed by atoms with E-state index in [4.69, 9.17) is 0 Å². The largest absolute Gasteiger partial charge is 0.288 e. The highest BCUT2D eigenvalue weighted by Crippen LogP contribution is 2.26. The van der Waals surface area contributed by atoms with Crippen molar-refractivity contribution in [3.63, 3.8) is 0 Å². The first-order valence-corrected chi connectivity index (χ1v) is 5.54. The van der Waals surface area contributed by atoms with Crippen LogP contribution in [-0.2, 0) is 0 Å². The maximum absolute atomic E-state index is 12.3. The van der Waals surface area contributed by atoms with Crippen LogP contribution in [0.2, 0.25) is 0 Å². The molecule has 7 nitrogen and oxygen atoms in total.